The first kappa shape index (κ1) is 17.3. The minimum atomic E-state index is -3.74. The largest absolute Gasteiger partial charge is 0.308 e. The Balaban J connectivity index is 1.56. The average Bonchev–Trinajstić information content (AvgIpc) is 2.91. The monoisotopic (exact) mass is 392 g/mol. The molecule has 2 heterocycles. The molecule has 0 N–H and O–H groups in total. The van der Waals surface area contributed by atoms with E-state index in [0.29, 0.717) is 11.1 Å². The standard InChI is InChI=1S/C22H20N2O3S/c1-15-12-13-16-6-2-3-9-18(16)24(15)21(25)14-23-19-10-4-7-17-8-5-11-20(22(17)19)28(23,26)27/h2-11,15H,12-14H2,1H3. The van der Waals surface area contributed by atoms with E-state index in [2.05, 4.69) is 0 Å². The molecule has 0 radical (unpaired) electrons. The number of para-hydroxylation sites is 1. The van der Waals surface area contributed by atoms with Crippen LogP contribution >= 0.6 is 0 Å². The molecule has 142 valence electrons. The summed E-state index contributed by atoms with van der Waals surface area (Å²) >= 11 is 0. The molecular formula is C22H20N2O3S. The zero-order valence-electron chi connectivity index (χ0n) is 15.5. The van der Waals surface area contributed by atoms with E-state index in [1.165, 1.54) is 4.31 Å². The lowest BCUT2D eigenvalue weighted by Crippen LogP contribution is -2.47. The molecule has 1 atom stereocenters. The quantitative estimate of drug-likeness (QED) is 0.668. The predicted octanol–water partition coefficient (Wildman–Crippen LogP) is 3.72. The van der Waals surface area contributed by atoms with Gasteiger partial charge < -0.3 is 4.90 Å². The molecule has 6 heteroatoms. The van der Waals surface area contributed by atoms with Gasteiger partial charge in [-0.1, -0.05) is 42.5 Å². The van der Waals surface area contributed by atoms with Crippen molar-refractivity contribution in [3.8, 4) is 0 Å². The van der Waals surface area contributed by atoms with Crippen molar-refractivity contribution in [3.05, 3.63) is 66.2 Å². The summed E-state index contributed by atoms with van der Waals surface area (Å²) in [5.41, 5.74) is 2.60. The maximum Gasteiger partial charge on any atom is 0.265 e. The van der Waals surface area contributed by atoms with Crippen LogP contribution in [0.1, 0.15) is 18.9 Å². The molecule has 3 aromatic rings. The van der Waals surface area contributed by atoms with E-state index in [1.54, 1.807) is 23.1 Å². The average molecular weight is 392 g/mol. The maximum atomic E-state index is 13.3. The van der Waals surface area contributed by atoms with E-state index in [0.717, 1.165) is 29.5 Å². The molecule has 0 saturated heterocycles. The van der Waals surface area contributed by atoms with Gasteiger partial charge in [-0.05, 0) is 48.9 Å². The van der Waals surface area contributed by atoms with Crippen LogP contribution < -0.4 is 9.21 Å². The lowest BCUT2D eigenvalue weighted by molar-refractivity contribution is -0.117. The molecule has 5 nitrogen and oxygen atoms in total. The first-order valence-corrected chi connectivity index (χ1v) is 10.9. The van der Waals surface area contributed by atoms with E-state index in [4.69, 9.17) is 0 Å². The van der Waals surface area contributed by atoms with Gasteiger partial charge in [0.25, 0.3) is 10.0 Å². The zero-order chi connectivity index (χ0) is 19.5. The lowest BCUT2D eigenvalue weighted by Gasteiger charge is -2.36. The second-order valence-electron chi connectivity index (χ2n) is 7.42. The minimum Gasteiger partial charge on any atom is -0.308 e. The van der Waals surface area contributed by atoms with Crippen molar-refractivity contribution in [3.63, 3.8) is 0 Å². The van der Waals surface area contributed by atoms with Crippen LogP contribution in [0.2, 0.25) is 0 Å². The highest BCUT2D eigenvalue weighted by atomic mass is 32.2. The number of nitrogens with zero attached hydrogens (tertiary/aromatic N) is 2. The van der Waals surface area contributed by atoms with Gasteiger partial charge in [0.15, 0.2) is 0 Å². The number of amides is 1. The highest BCUT2D eigenvalue weighted by molar-refractivity contribution is 7.93. The second-order valence-corrected chi connectivity index (χ2v) is 9.25. The molecular weight excluding hydrogens is 372 g/mol. The summed E-state index contributed by atoms with van der Waals surface area (Å²) in [6, 6.07) is 18.7. The van der Waals surface area contributed by atoms with Crippen molar-refractivity contribution < 1.29 is 13.2 Å². The van der Waals surface area contributed by atoms with Gasteiger partial charge in [0.05, 0.1) is 10.6 Å². The molecule has 0 bridgehead atoms. The summed E-state index contributed by atoms with van der Waals surface area (Å²) in [5.74, 6) is -0.201. The maximum absolute atomic E-state index is 13.3. The van der Waals surface area contributed by atoms with Crippen LogP contribution in [0.5, 0.6) is 0 Å². The number of benzene rings is 3. The lowest BCUT2D eigenvalue weighted by atomic mass is 9.96. The van der Waals surface area contributed by atoms with Crippen molar-refractivity contribution >= 4 is 38.1 Å². The summed E-state index contributed by atoms with van der Waals surface area (Å²) in [6.45, 7) is 1.82. The number of hydrogen-bond acceptors (Lipinski definition) is 3. The van der Waals surface area contributed by atoms with Gasteiger partial charge in [0.2, 0.25) is 5.91 Å². The Bertz CT molecular complexity index is 1210. The van der Waals surface area contributed by atoms with E-state index < -0.39 is 10.0 Å². The molecule has 0 aromatic heterocycles. The first-order chi connectivity index (χ1) is 13.5. The summed E-state index contributed by atoms with van der Waals surface area (Å²) in [7, 11) is -3.74. The Morgan fingerprint density at radius 2 is 1.71 bits per heavy atom. The topological polar surface area (TPSA) is 57.7 Å². The molecule has 0 fully saturated rings. The first-order valence-electron chi connectivity index (χ1n) is 9.43. The number of fused-ring (bicyclic) bond motifs is 1. The fraction of sp³-hybridized carbons (Fsp3) is 0.227. The number of aryl methyl sites for hydroxylation is 1. The van der Waals surface area contributed by atoms with Gasteiger partial charge in [-0.25, -0.2) is 8.42 Å². The van der Waals surface area contributed by atoms with Crippen molar-refractivity contribution in [1.82, 2.24) is 0 Å². The molecule has 0 saturated carbocycles. The number of sulfonamides is 1. The second kappa shape index (κ2) is 6.07. The van der Waals surface area contributed by atoms with E-state index >= 15 is 0 Å². The van der Waals surface area contributed by atoms with Gasteiger partial charge in [-0.3, -0.25) is 9.10 Å². The van der Waals surface area contributed by atoms with Gasteiger partial charge in [0.1, 0.15) is 6.54 Å². The molecule has 2 aliphatic rings. The molecule has 0 aliphatic carbocycles. The summed E-state index contributed by atoms with van der Waals surface area (Å²) in [6.07, 6.45) is 1.79. The summed E-state index contributed by atoms with van der Waals surface area (Å²) < 4.78 is 27.6. The summed E-state index contributed by atoms with van der Waals surface area (Å²) in [4.78, 5) is 15.3. The molecule has 28 heavy (non-hydrogen) atoms. The van der Waals surface area contributed by atoms with Gasteiger partial charge in [-0.15, -0.1) is 0 Å². The Morgan fingerprint density at radius 1 is 1.00 bits per heavy atom. The number of anilines is 2. The van der Waals surface area contributed by atoms with Gasteiger partial charge in [-0.2, -0.15) is 0 Å². The van der Waals surface area contributed by atoms with Crippen molar-refractivity contribution in [2.75, 3.05) is 15.7 Å². The van der Waals surface area contributed by atoms with Crippen molar-refractivity contribution in [2.24, 2.45) is 0 Å². The van der Waals surface area contributed by atoms with Crippen LogP contribution in [0, 0.1) is 0 Å². The highest BCUT2D eigenvalue weighted by Gasteiger charge is 2.38. The van der Waals surface area contributed by atoms with Crippen molar-refractivity contribution in [1.29, 1.82) is 0 Å². The number of rotatable bonds is 2. The molecule has 3 aromatic carbocycles. The minimum absolute atomic E-state index is 0.0332. The van der Waals surface area contributed by atoms with Crippen molar-refractivity contribution in [2.45, 2.75) is 30.7 Å². The Hall–Kier alpha value is -2.86. The van der Waals surface area contributed by atoms with Crippen LogP contribution in [0.4, 0.5) is 11.4 Å². The molecule has 1 amide bonds. The summed E-state index contributed by atoms with van der Waals surface area (Å²) in [5, 5.41) is 1.56. The zero-order valence-corrected chi connectivity index (χ0v) is 16.3. The van der Waals surface area contributed by atoms with Crippen LogP contribution in [0.15, 0.2) is 65.6 Å². The Morgan fingerprint density at radius 3 is 2.54 bits per heavy atom. The normalized spacial score (nSPS) is 19.7. The van der Waals surface area contributed by atoms with Crippen LogP contribution in [0.25, 0.3) is 10.8 Å². The smallest absolute Gasteiger partial charge is 0.265 e. The van der Waals surface area contributed by atoms with E-state index in [9.17, 15) is 13.2 Å². The van der Waals surface area contributed by atoms with E-state index in [-0.39, 0.29) is 23.4 Å². The fourth-order valence-electron chi connectivity index (χ4n) is 4.40. The molecule has 5 rings (SSSR count). The third kappa shape index (κ3) is 2.37. The van der Waals surface area contributed by atoms with Gasteiger partial charge in [0, 0.05) is 17.1 Å². The fourth-order valence-corrected chi connectivity index (χ4v) is 6.06. The van der Waals surface area contributed by atoms with Crippen LogP contribution in [-0.4, -0.2) is 26.9 Å². The Labute approximate surface area is 164 Å². The van der Waals surface area contributed by atoms with Gasteiger partial charge >= 0.3 is 0 Å². The van der Waals surface area contributed by atoms with Crippen LogP contribution in [-0.2, 0) is 21.2 Å². The number of carbonyl (C=O) groups excluding carboxylic acids is 1. The highest BCUT2D eigenvalue weighted by Crippen LogP contribution is 2.42. The molecule has 2 aliphatic heterocycles. The third-order valence-corrected chi connectivity index (χ3v) is 7.55. The van der Waals surface area contributed by atoms with Crippen LogP contribution in [0.3, 0.4) is 0 Å². The predicted molar refractivity (Wildman–Crippen MR) is 110 cm³/mol. The number of hydrogen-bond donors (Lipinski definition) is 0. The third-order valence-electron chi connectivity index (χ3n) is 5.75. The molecule has 1 unspecified atom stereocenters. The SMILES string of the molecule is CC1CCc2ccccc2N1C(=O)CN1c2cccc3cccc(c23)S1(=O)=O. The Kier molecular flexibility index (Phi) is 3.74. The molecule has 0 spiro atoms. The van der Waals surface area contributed by atoms with E-state index in [1.807, 2.05) is 49.4 Å². The number of carbonyl (C=O) groups is 1.